The Morgan fingerprint density at radius 2 is 2.10 bits per heavy atom. The van der Waals surface area contributed by atoms with Gasteiger partial charge in [-0.2, -0.15) is 5.10 Å². The normalized spacial score (nSPS) is 11.6. The Hall–Kier alpha value is -2.37. The van der Waals surface area contributed by atoms with Crippen LogP contribution in [0.1, 0.15) is 19.0 Å². The minimum atomic E-state index is -0.253. The Balaban J connectivity index is 1.87. The Bertz CT molecular complexity index is 588. The van der Waals surface area contributed by atoms with Crippen molar-refractivity contribution in [3.05, 3.63) is 48.0 Å². The number of rotatable bonds is 6. The summed E-state index contributed by atoms with van der Waals surface area (Å²) in [7, 11) is 0. The number of benzene rings is 1. The van der Waals surface area contributed by atoms with E-state index in [1.165, 1.54) is 12.1 Å². The fraction of sp³-hybridized carbons (Fsp3) is 0.333. The number of nitrogens with two attached hydrogens (primary N) is 1. The molecule has 1 aromatic carbocycles. The minimum absolute atomic E-state index is 0.253. The fourth-order valence-electron chi connectivity index (χ4n) is 1.84. The van der Waals surface area contributed by atoms with E-state index in [1.807, 2.05) is 12.3 Å². The third-order valence-corrected chi connectivity index (χ3v) is 2.93. The first kappa shape index (κ1) is 15.0. The average Bonchev–Trinajstić information content (AvgIpc) is 2.95. The molecule has 21 heavy (non-hydrogen) atoms. The van der Waals surface area contributed by atoms with Gasteiger partial charge in [0.05, 0.1) is 11.4 Å². The smallest absolute Gasteiger partial charge is 0.188 e. The van der Waals surface area contributed by atoms with Crippen LogP contribution in [-0.4, -0.2) is 28.8 Å². The summed E-state index contributed by atoms with van der Waals surface area (Å²) in [4.78, 5) is 4.16. The number of aromatic nitrogens is 2. The van der Waals surface area contributed by atoms with Gasteiger partial charge in [-0.1, -0.05) is 6.92 Å². The molecule has 5 nitrogen and oxygen atoms in total. The minimum Gasteiger partial charge on any atom is -0.370 e. The summed E-state index contributed by atoms with van der Waals surface area (Å²) in [6, 6.07) is 8.16. The lowest BCUT2D eigenvalue weighted by Crippen LogP contribution is -2.33. The van der Waals surface area contributed by atoms with E-state index in [1.54, 1.807) is 16.8 Å². The van der Waals surface area contributed by atoms with Crippen molar-refractivity contribution in [1.82, 2.24) is 15.1 Å². The van der Waals surface area contributed by atoms with E-state index in [0.29, 0.717) is 12.5 Å². The van der Waals surface area contributed by atoms with Crippen LogP contribution in [0.4, 0.5) is 4.39 Å². The molecule has 112 valence electrons. The van der Waals surface area contributed by atoms with Crippen molar-refractivity contribution < 1.29 is 4.39 Å². The van der Waals surface area contributed by atoms with E-state index in [9.17, 15) is 4.39 Å². The molecule has 0 spiro atoms. The zero-order valence-corrected chi connectivity index (χ0v) is 12.1. The second kappa shape index (κ2) is 7.42. The molecule has 2 rings (SSSR count). The number of halogens is 1. The zero-order chi connectivity index (χ0) is 15.1. The van der Waals surface area contributed by atoms with Gasteiger partial charge in [0.25, 0.3) is 0 Å². The predicted molar refractivity (Wildman–Crippen MR) is 82.0 cm³/mol. The molecule has 1 heterocycles. The van der Waals surface area contributed by atoms with Gasteiger partial charge in [0.2, 0.25) is 0 Å². The van der Waals surface area contributed by atoms with Crippen LogP contribution in [0, 0.1) is 5.82 Å². The SMILES string of the molecule is CCCN=C(N)NCCc1ccn(-c2ccc(F)cc2)n1. The molecular formula is C15H20FN5. The predicted octanol–water partition coefficient (Wildman–Crippen LogP) is 1.87. The van der Waals surface area contributed by atoms with Crippen molar-refractivity contribution in [3.63, 3.8) is 0 Å². The average molecular weight is 289 g/mol. The number of nitrogens with one attached hydrogen (secondary N) is 1. The van der Waals surface area contributed by atoms with Crippen LogP contribution in [0.5, 0.6) is 0 Å². The summed E-state index contributed by atoms with van der Waals surface area (Å²) in [5.74, 6) is 0.215. The molecule has 0 saturated heterocycles. The molecule has 0 aliphatic heterocycles. The molecule has 0 aliphatic carbocycles. The highest BCUT2D eigenvalue weighted by atomic mass is 19.1. The van der Waals surface area contributed by atoms with E-state index in [4.69, 9.17) is 5.73 Å². The van der Waals surface area contributed by atoms with Gasteiger partial charge in [-0.05, 0) is 36.8 Å². The van der Waals surface area contributed by atoms with Crippen molar-refractivity contribution in [2.24, 2.45) is 10.7 Å². The van der Waals surface area contributed by atoms with Gasteiger partial charge < -0.3 is 11.1 Å². The maximum Gasteiger partial charge on any atom is 0.188 e. The van der Waals surface area contributed by atoms with Gasteiger partial charge in [0.15, 0.2) is 5.96 Å². The molecule has 2 aromatic rings. The van der Waals surface area contributed by atoms with Crippen molar-refractivity contribution in [2.45, 2.75) is 19.8 Å². The van der Waals surface area contributed by atoms with Gasteiger partial charge in [0, 0.05) is 25.7 Å². The molecule has 0 radical (unpaired) electrons. The number of hydrogen-bond acceptors (Lipinski definition) is 2. The van der Waals surface area contributed by atoms with Gasteiger partial charge in [-0.15, -0.1) is 0 Å². The largest absolute Gasteiger partial charge is 0.370 e. The molecule has 1 aromatic heterocycles. The topological polar surface area (TPSA) is 68.2 Å². The Morgan fingerprint density at radius 1 is 1.33 bits per heavy atom. The Morgan fingerprint density at radius 3 is 2.81 bits per heavy atom. The van der Waals surface area contributed by atoms with E-state index in [2.05, 4.69) is 22.3 Å². The first-order valence-corrected chi connectivity index (χ1v) is 7.03. The number of aliphatic imine (C=N–C) groups is 1. The highest BCUT2D eigenvalue weighted by molar-refractivity contribution is 5.77. The van der Waals surface area contributed by atoms with Crippen LogP contribution >= 0.6 is 0 Å². The number of hydrogen-bond donors (Lipinski definition) is 2. The second-order valence-electron chi connectivity index (χ2n) is 4.67. The Labute approximate surface area is 123 Å². The summed E-state index contributed by atoms with van der Waals surface area (Å²) in [6.07, 6.45) is 3.58. The molecule has 0 bridgehead atoms. The van der Waals surface area contributed by atoms with Gasteiger partial charge >= 0.3 is 0 Å². The van der Waals surface area contributed by atoms with Crippen LogP contribution in [0.2, 0.25) is 0 Å². The van der Waals surface area contributed by atoms with Gasteiger partial charge in [0.1, 0.15) is 5.82 Å². The first-order valence-electron chi connectivity index (χ1n) is 7.03. The highest BCUT2D eigenvalue weighted by Gasteiger charge is 2.02. The summed E-state index contributed by atoms with van der Waals surface area (Å²) in [6.45, 7) is 3.47. The monoisotopic (exact) mass is 289 g/mol. The summed E-state index contributed by atoms with van der Waals surface area (Å²) < 4.78 is 14.6. The lowest BCUT2D eigenvalue weighted by atomic mass is 10.3. The molecule has 6 heteroatoms. The van der Waals surface area contributed by atoms with Crippen LogP contribution in [0.25, 0.3) is 5.69 Å². The van der Waals surface area contributed by atoms with Crippen molar-refractivity contribution in [1.29, 1.82) is 0 Å². The fourth-order valence-corrected chi connectivity index (χ4v) is 1.84. The third kappa shape index (κ3) is 4.59. The second-order valence-corrected chi connectivity index (χ2v) is 4.67. The molecular weight excluding hydrogens is 269 g/mol. The van der Waals surface area contributed by atoms with Crippen molar-refractivity contribution in [3.8, 4) is 5.69 Å². The summed E-state index contributed by atoms with van der Waals surface area (Å²) >= 11 is 0. The standard InChI is InChI=1S/C15H20FN5/c1-2-9-18-15(17)19-10-7-13-8-11-21(20-13)14-5-3-12(16)4-6-14/h3-6,8,11H,2,7,9-10H2,1H3,(H3,17,18,19). The van der Waals surface area contributed by atoms with E-state index in [-0.39, 0.29) is 5.82 Å². The summed E-state index contributed by atoms with van der Waals surface area (Å²) in [5.41, 5.74) is 7.49. The van der Waals surface area contributed by atoms with E-state index < -0.39 is 0 Å². The quantitative estimate of drug-likeness (QED) is 0.630. The lowest BCUT2D eigenvalue weighted by molar-refractivity contribution is 0.627. The molecule has 0 saturated carbocycles. The van der Waals surface area contributed by atoms with Gasteiger partial charge in [-0.3, -0.25) is 4.99 Å². The lowest BCUT2D eigenvalue weighted by Gasteiger charge is -2.04. The maximum absolute atomic E-state index is 12.9. The molecule has 0 amide bonds. The third-order valence-electron chi connectivity index (χ3n) is 2.93. The molecule has 0 fully saturated rings. The number of guanidine groups is 1. The number of nitrogens with zero attached hydrogens (tertiary/aromatic N) is 3. The zero-order valence-electron chi connectivity index (χ0n) is 12.1. The molecule has 0 unspecified atom stereocenters. The van der Waals surface area contributed by atoms with Crippen LogP contribution in [0.3, 0.4) is 0 Å². The van der Waals surface area contributed by atoms with Gasteiger partial charge in [-0.25, -0.2) is 9.07 Å². The van der Waals surface area contributed by atoms with E-state index in [0.717, 1.165) is 30.8 Å². The maximum atomic E-state index is 12.9. The van der Waals surface area contributed by atoms with Crippen molar-refractivity contribution in [2.75, 3.05) is 13.1 Å². The molecule has 3 N–H and O–H groups in total. The first-order chi connectivity index (χ1) is 10.2. The van der Waals surface area contributed by atoms with Crippen LogP contribution < -0.4 is 11.1 Å². The molecule has 0 aliphatic rings. The van der Waals surface area contributed by atoms with Crippen LogP contribution in [0.15, 0.2) is 41.5 Å². The van der Waals surface area contributed by atoms with Crippen LogP contribution in [-0.2, 0) is 6.42 Å². The Kier molecular flexibility index (Phi) is 5.31. The van der Waals surface area contributed by atoms with Crippen molar-refractivity contribution >= 4 is 5.96 Å². The van der Waals surface area contributed by atoms with E-state index >= 15 is 0 Å². The highest BCUT2D eigenvalue weighted by Crippen LogP contribution is 2.09. The summed E-state index contributed by atoms with van der Waals surface area (Å²) in [5, 5.41) is 7.49. The molecule has 0 atom stereocenters.